The highest BCUT2D eigenvalue weighted by Crippen LogP contribution is 2.32. The summed E-state index contributed by atoms with van der Waals surface area (Å²) in [5, 5.41) is 26.4. The van der Waals surface area contributed by atoms with Crippen LogP contribution in [0.1, 0.15) is 45.5 Å². The van der Waals surface area contributed by atoms with Gasteiger partial charge in [0.05, 0.1) is 0 Å². The molecule has 0 saturated carbocycles. The van der Waals surface area contributed by atoms with Crippen molar-refractivity contribution < 1.29 is 19.2 Å². The molecule has 9 heteroatoms. The Morgan fingerprint density at radius 3 is 2.77 bits per heavy atom. The molecule has 0 bridgehead atoms. The maximum absolute atomic E-state index is 12.0. The zero-order valence-corrected chi connectivity index (χ0v) is 17.7. The van der Waals surface area contributed by atoms with Gasteiger partial charge < -0.3 is 19.3 Å². The van der Waals surface area contributed by atoms with E-state index in [1.54, 1.807) is 37.8 Å². The minimum atomic E-state index is -0.670. The van der Waals surface area contributed by atoms with Crippen LogP contribution in [0.3, 0.4) is 0 Å². The number of aromatic hydroxyl groups is 1. The van der Waals surface area contributed by atoms with Crippen LogP contribution < -0.4 is 5.32 Å². The highest BCUT2D eigenvalue weighted by Gasteiger charge is 2.33. The SMILES string of the molecule is CC(C)(C)OC(=O)NC(=N)N1CCC[C@H]1c1nc(-c2ccc3cc(O)ccc3c2)no1. The lowest BCUT2D eigenvalue weighted by molar-refractivity contribution is 0.0554. The second kappa shape index (κ2) is 7.90. The van der Waals surface area contributed by atoms with Crippen LogP contribution in [0, 0.1) is 5.41 Å². The van der Waals surface area contributed by atoms with Gasteiger partial charge in [-0.05, 0) is 62.6 Å². The van der Waals surface area contributed by atoms with Crippen molar-refractivity contribution in [1.82, 2.24) is 20.4 Å². The molecular formula is C22H25N5O4. The predicted molar refractivity (Wildman–Crippen MR) is 115 cm³/mol. The lowest BCUT2D eigenvalue weighted by Crippen LogP contribution is -2.45. The smallest absolute Gasteiger partial charge is 0.414 e. The Balaban J connectivity index is 1.50. The Morgan fingerprint density at radius 1 is 1.26 bits per heavy atom. The first-order valence-electron chi connectivity index (χ1n) is 10.1. The quantitative estimate of drug-likeness (QED) is 0.417. The molecule has 4 rings (SSSR count). The summed E-state index contributed by atoms with van der Waals surface area (Å²) in [5.41, 5.74) is 0.147. The van der Waals surface area contributed by atoms with Gasteiger partial charge in [0.15, 0.2) is 0 Å². The molecule has 0 aliphatic carbocycles. The van der Waals surface area contributed by atoms with Crippen LogP contribution in [-0.4, -0.2) is 44.3 Å². The number of likely N-dealkylation sites (tertiary alicyclic amines) is 1. The number of amides is 1. The number of fused-ring (bicyclic) bond motifs is 1. The normalized spacial score (nSPS) is 16.5. The monoisotopic (exact) mass is 423 g/mol. The molecule has 3 N–H and O–H groups in total. The number of alkyl carbamates (subject to hydrolysis) is 1. The van der Waals surface area contributed by atoms with Gasteiger partial charge in [0.25, 0.3) is 0 Å². The van der Waals surface area contributed by atoms with Crippen molar-refractivity contribution in [2.75, 3.05) is 6.54 Å². The average Bonchev–Trinajstić information content (AvgIpc) is 3.35. The number of carbonyl (C=O) groups is 1. The third kappa shape index (κ3) is 4.60. The summed E-state index contributed by atoms with van der Waals surface area (Å²) in [7, 11) is 0. The van der Waals surface area contributed by atoms with E-state index in [0.717, 1.165) is 29.2 Å². The topological polar surface area (TPSA) is 125 Å². The van der Waals surface area contributed by atoms with E-state index in [1.807, 2.05) is 24.3 Å². The van der Waals surface area contributed by atoms with Gasteiger partial charge in [0.2, 0.25) is 17.7 Å². The highest BCUT2D eigenvalue weighted by molar-refractivity contribution is 5.92. The summed E-state index contributed by atoms with van der Waals surface area (Å²) in [4.78, 5) is 18.3. The Morgan fingerprint density at radius 2 is 2.00 bits per heavy atom. The van der Waals surface area contributed by atoms with E-state index in [4.69, 9.17) is 14.7 Å². The molecular weight excluding hydrogens is 398 g/mol. The van der Waals surface area contributed by atoms with Gasteiger partial charge in [-0.25, -0.2) is 4.79 Å². The third-order valence-electron chi connectivity index (χ3n) is 4.97. The minimum Gasteiger partial charge on any atom is -0.508 e. The van der Waals surface area contributed by atoms with Crippen LogP contribution in [-0.2, 0) is 4.74 Å². The van der Waals surface area contributed by atoms with E-state index in [-0.39, 0.29) is 17.8 Å². The Bertz CT molecular complexity index is 1130. The van der Waals surface area contributed by atoms with Crippen molar-refractivity contribution >= 4 is 22.8 Å². The number of hydrogen-bond acceptors (Lipinski definition) is 7. The molecule has 1 aliphatic rings. The van der Waals surface area contributed by atoms with Crippen LogP contribution in [0.25, 0.3) is 22.2 Å². The number of aromatic nitrogens is 2. The molecule has 162 valence electrons. The second-order valence-corrected chi connectivity index (χ2v) is 8.53. The molecule has 1 atom stereocenters. The Labute approximate surface area is 179 Å². The Kier molecular flexibility index (Phi) is 5.26. The van der Waals surface area contributed by atoms with Gasteiger partial charge in [-0.1, -0.05) is 23.4 Å². The average molecular weight is 423 g/mol. The zero-order valence-electron chi connectivity index (χ0n) is 17.7. The summed E-state index contributed by atoms with van der Waals surface area (Å²) < 4.78 is 10.7. The maximum Gasteiger partial charge on any atom is 0.414 e. The number of rotatable bonds is 2. The second-order valence-electron chi connectivity index (χ2n) is 8.53. The fourth-order valence-corrected chi connectivity index (χ4v) is 3.62. The first kappa shape index (κ1) is 20.6. The number of ether oxygens (including phenoxy) is 1. The van der Waals surface area contributed by atoms with Gasteiger partial charge in [-0.15, -0.1) is 0 Å². The number of hydrogen-bond donors (Lipinski definition) is 3. The largest absolute Gasteiger partial charge is 0.508 e. The number of guanidine groups is 1. The van der Waals surface area contributed by atoms with Crippen molar-refractivity contribution in [3.05, 3.63) is 42.3 Å². The van der Waals surface area contributed by atoms with Gasteiger partial charge in [-0.3, -0.25) is 10.7 Å². The molecule has 3 aromatic rings. The Hall–Kier alpha value is -3.62. The molecule has 1 aromatic heterocycles. The molecule has 31 heavy (non-hydrogen) atoms. The van der Waals surface area contributed by atoms with Gasteiger partial charge in [0, 0.05) is 12.1 Å². The first-order valence-corrected chi connectivity index (χ1v) is 10.1. The molecule has 0 radical (unpaired) electrons. The van der Waals surface area contributed by atoms with E-state index >= 15 is 0 Å². The molecule has 1 fully saturated rings. The van der Waals surface area contributed by atoms with Crippen LogP contribution in [0.5, 0.6) is 5.75 Å². The summed E-state index contributed by atoms with van der Waals surface area (Å²) in [5.74, 6) is 1.00. The fourth-order valence-electron chi connectivity index (χ4n) is 3.62. The maximum atomic E-state index is 12.0. The summed E-state index contributed by atoms with van der Waals surface area (Å²) >= 11 is 0. The van der Waals surface area contributed by atoms with E-state index in [0.29, 0.717) is 18.3 Å². The highest BCUT2D eigenvalue weighted by atomic mass is 16.6. The van der Waals surface area contributed by atoms with Gasteiger partial charge in [0.1, 0.15) is 17.4 Å². The molecule has 0 unspecified atom stereocenters. The van der Waals surface area contributed by atoms with E-state index in [9.17, 15) is 9.90 Å². The molecule has 2 aromatic carbocycles. The van der Waals surface area contributed by atoms with E-state index < -0.39 is 11.7 Å². The number of phenols is 1. The molecule has 9 nitrogen and oxygen atoms in total. The van der Waals surface area contributed by atoms with E-state index in [1.165, 1.54) is 0 Å². The number of carbonyl (C=O) groups excluding carboxylic acids is 1. The molecule has 1 aliphatic heterocycles. The summed E-state index contributed by atoms with van der Waals surface area (Å²) in [6.07, 6.45) is 0.897. The van der Waals surface area contributed by atoms with Crippen LogP contribution in [0.4, 0.5) is 4.79 Å². The van der Waals surface area contributed by atoms with Crippen LogP contribution in [0.2, 0.25) is 0 Å². The molecule has 1 amide bonds. The minimum absolute atomic E-state index is 0.0537. The van der Waals surface area contributed by atoms with E-state index in [2.05, 4.69) is 15.5 Å². The number of benzene rings is 2. The molecule has 1 saturated heterocycles. The van der Waals surface area contributed by atoms with Gasteiger partial charge in [-0.2, -0.15) is 4.98 Å². The van der Waals surface area contributed by atoms with Crippen molar-refractivity contribution in [3.63, 3.8) is 0 Å². The van der Waals surface area contributed by atoms with Crippen molar-refractivity contribution in [3.8, 4) is 17.1 Å². The zero-order chi connectivity index (χ0) is 22.2. The fraction of sp³-hybridized carbons (Fsp3) is 0.364. The van der Waals surface area contributed by atoms with Crippen LogP contribution in [0.15, 0.2) is 40.9 Å². The lowest BCUT2D eigenvalue weighted by Gasteiger charge is -2.26. The summed E-state index contributed by atoms with van der Waals surface area (Å²) in [6.45, 7) is 5.90. The van der Waals surface area contributed by atoms with Crippen molar-refractivity contribution in [2.45, 2.75) is 45.3 Å². The van der Waals surface area contributed by atoms with Gasteiger partial charge >= 0.3 is 6.09 Å². The van der Waals surface area contributed by atoms with Crippen LogP contribution >= 0.6 is 0 Å². The summed E-state index contributed by atoms with van der Waals surface area (Å²) in [6, 6.07) is 10.6. The first-order chi connectivity index (χ1) is 14.7. The van der Waals surface area contributed by atoms with Crippen molar-refractivity contribution in [2.24, 2.45) is 0 Å². The molecule has 2 heterocycles. The predicted octanol–water partition coefficient (Wildman–Crippen LogP) is 4.19. The molecule has 0 spiro atoms. The lowest BCUT2D eigenvalue weighted by atomic mass is 10.1. The number of nitrogens with one attached hydrogen (secondary N) is 2. The number of nitrogens with zero attached hydrogens (tertiary/aromatic N) is 3. The number of phenolic OH excluding ortho intramolecular Hbond substituents is 1. The standard InChI is InChI=1S/C22H25N5O4/c1-22(2,3)30-21(29)25-20(23)27-10-4-5-17(27)19-24-18(26-31-19)15-7-6-14-12-16(28)9-8-13(14)11-15/h6-9,11-12,17,28H,4-5,10H2,1-3H3,(H2,23,25,29)/t17-/m0/s1. The van der Waals surface area contributed by atoms with Crippen molar-refractivity contribution in [1.29, 1.82) is 5.41 Å². The third-order valence-corrected chi connectivity index (χ3v) is 4.97.